The molecule has 4 heterocycles. The molecule has 1 aliphatic carbocycles. The van der Waals surface area contributed by atoms with Crippen molar-refractivity contribution < 1.29 is 4.74 Å². The van der Waals surface area contributed by atoms with Gasteiger partial charge >= 0.3 is 0 Å². The third-order valence-corrected chi connectivity index (χ3v) is 5.77. The topological polar surface area (TPSA) is 120 Å². The average molecular weight is 422 g/mol. The number of allylic oxidation sites excluding steroid dienone is 1. The van der Waals surface area contributed by atoms with Gasteiger partial charge in [-0.05, 0) is 36.6 Å². The number of nitrogens with zero attached hydrogens (tertiary/aromatic N) is 7. The lowest BCUT2D eigenvalue weighted by molar-refractivity contribution is 0.347. The van der Waals surface area contributed by atoms with Gasteiger partial charge in [0, 0.05) is 30.5 Å². The van der Waals surface area contributed by atoms with Crippen LogP contribution in [0.3, 0.4) is 0 Å². The largest absolute Gasteiger partial charge is 0.422 e. The van der Waals surface area contributed by atoms with Crippen molar-refractivity contribution in [1.82, 2.24) is 29.3 Å². The maximum Gasteiger partial charge on any atom is 0.225 e. The first-order valence-electron chi connectivity index (χ1n) is 10.3. The molecule has 32 heavy (non-hydrogen) atoms. The molecule has 1 aliphatic heterocycles. The maximum absolute atomic E-state index is 9.97. The van der Waals surface area contributed by atoms with Gasteiger partial charge in [0.15, 0.2) is 5.82 Å². The Hall–Kier alpha value is -4.45. The summed E-state index contributed by atoms with van der Waals surface area (Å²) in [4.78, 5) is 12.9. The minimum atomic E-state index is -0.438. The lowest BCUT2D eigenvalue weighted by Gasteiger charge is -2.25. The fourth-order valence-electron chi connectivity index (χ4n) is 4.10. The molecule has 1 saturated carbocycles. The molecular formula is C23H18N8O. The van der Waals surface area contributed by atoms with Crippen molar-refractivity contribution in [1.29, 1.82) is 5.26 Å². The van der Waals surface area contributed by atoms with Crippen LogP contribution in [0.1, 0.15) is 35.9 Å². The lowest BCUT2D eigenvalue weighted by atomic mass is 9.83. The summed E-state index contributed by atoms with van der Waals surface area (Å²) < 4.78 is 9.76. The van der Waals surface area contributed by atoms with Crippen LogP contribution in [0.5, 0.6) is 5.88 Å². The van der Waals surface area contributed by atoms with Crippen LogP contribution in [0.2, 0.25) is 0 Å². The molecule has 9 heteroatoms. The minimum absolute atomic E-state index is 0.103. The van der Waals surface area contributed by atoms with E-state index in [0.717, 1.165) is 29.7 Å². The first kappa shape index (κ1) is 18.3. The van der Waals surface area contributed by atoms with Crippen molar-refractivity contribution in [3.8, 4) is 29.2 Å². The van der Waals surface area contributed by atoms with Gasteiger partial charge in [0.2, 0.25) is 11.8 Å². The quantitative estimate of drug-likeness (QED) is 0.536. The first-order valence-corrected chi connectivity index (χ1v) is 10.3. The predicted molar refractivity (Wildman–Crippen MR) is 114 cm³/mol. The zero-order valence-electron chi connectivity index (χ0n) is 17.0. The first-order chi connectivity index (χ1) is 15.7. The number of imidazole rings is 1. The molecule has 6 rings (SSSR count). The fourth-order valence-corrected chi connectivity index (χ4v) is 4.10. The number of nitriles is 1. The Morgan fingerprint density at radius 2 is 1.88 bits per heavy atom. The summed E-state index contributed by atoms with van der Waals surface area (Å²) in [6.07, 6.45) is 10.7. The van der Waals surface area contributed by atoms with Crippen LogP contribution < -0.4 is 10.5 Å². The SMILES string of the molecule is N#CC1=C(N)Oc2c(c(-c3ncccn3)nn2C2CC2)C1c1ccc(-n2ccnc2)cc1. The van der Waals surface area contributed by atoms with Crippen LogP contribution >= 0.6 is 0 Å². The van der Waals surface area contributed by atoms with E-state index >= 15 is 0 Å². The Balaban J connectivity index is 1.55. The van der Waals surface area contributed by atoms with Crippen molar-refractivity contribution in [3.05, 3.63) is 84.0 Å². The third-order valence-electron chi connectivity index (χ3n) is 5.77. The van der Waals surface area contributed by atoms with Gasteiger partial charge in [-0.3, -0.25) is 0 Å². The lowest BCUT2D eigenvalue weighted by Crippen LogP contribution is -2.22. The van der Waals surface area contributed by atoms with Crippen LogP contribution in [-0.2, 0) is 0 Å². The Kier molecular flexibility index (Phi) is 4.04. The second-order valence-electron chi connectivity index (χ2n) is 7.80. The van der Waals surface area contributed by atoms with Gasteiger partial charge < -0.3 is 15.0 Å². The molecule has 0 bridgehead atoms. The van der Waals surface area contributed by atoms with Gasteiger partial charge in [-0.2, -0.15) is 10.4 Å². The summed E-state index contributed by atoms with van der Waals surface area (Å²) in [5.41, 5.74) is 9.82. The second kappa shape index (κ2) is 7.06. The smallest absolute Gasteiger partial charge is 0.225 e. The third kappa shape index (κ3) is 2.85. The number of hydrogen-bond acceptors (Lipinski definition) is 7. The number of benzene rings is 1. The van der Waals surface area contributed by atoms with Crippen molar-refractivity contribution in [2.75, 3.05) is 0 Å². The highest BCUT2D eigenvalue weighted by Crippen LogP contribution is 2.49. The van der Waals surface area contributed by atoms with Crippen LogP contribution in [0.4, 0.5) is 0 Å². The van der Waals surface area contributed by atoms with E-state index < -0.39 is 5.92 Å². The van der Waals surface area contributed by atoms with E-state index in [1.165, 1.54) is 0 Å². The van der Waals surface area contributed by atoms with E-state index in [0.29, 0.717) is 23.0 Å². The molecule has 1 aromatic carbocycles. The number of rotatable bonds is 4. The summed E-state index contributed by atoms with van der Waals surface area (Å²) in [7, 11) is 0. The normalized spacial score (nSPS) is 17.5. The zero-order chi connectivity index (χ0) is 21.7. The highest BCUT2D eigenvalue weighted by Gasteiger charge is 2.41. The molecule has 3 aromatic heterocycles. The summed E-state index contributed by atoms with van der Waals surface area (Å²) in [5.74, 6) is 0.720. The average Bonchev–Trinajstić information content (AvgIpc) is 3.39. The van der Waals surface area contributed by atoms with Gasteiger partial charge in [0.1, 0.15) is 17.3 Å². The highest BCUT2D eigenvalue weighted by atomic mass is 16.5. The molecule has 156 valence electrons. The fraction of sp³-hybridized carbons (Fsp3) is 0.174. The van der Waals surface area contributed by atoms with Gasteiger partial charge in [-0.1, -0.05) is 12.1 Å². The molecule has 9 nitrogen and oxygen atoms in total. The molecular weight excluding hydrogens is 404 g/mol. The Morgan fingerprint density at radius 3 is 2.53 bits per heavy atom. The van der Waals surface area contributed by atoms with E-state index in [4.69, 9.17) is 15.6 Å². The molecule has 1 unspecified atom stereocenters. The number of aromatic nitrogens is 6. The number of hydrogen-bond donors (Lipinski definition) is 1. The molecule has 0 radical (unpaired) electrons. The summed E-state index contributed by atoms with van der Waals surface area (Å²) in [6.45, 7) is 0. The van der Waals surface area contributed by atoms with Crippen molar-refractivity contribution in [3.63, 3.8) is 0 Å². The van der Waals surface area contributed by atoms with E-state index in [1.807, 2.05) is 39.7 Å². The number of fused-ring (bicyclic) bond motifs is 1. The van der Waals surface area contributed by atoms with Crippen LogP contribution in [-0.4, -0.2) is 29.3 Å². The molecule has 2 aliphatic rings. The van der Waals surface area contributed by atoms with Crippen molar-refractivity contribution >= 4 is 0 Å². The minimum Gasteiger partial charge on any atom is -0.422 e. The highest BCUT2D eigenvalue weighted by molar-refractivity contribution is 5.67. The van der Waals surface area contributed by atoms with Crippen molar-refractivity contribution in [2.45, 2.75) is 24.8 Å². The number of ether oxygens (including phenoxy) is 1. The summed E-state index contributed by atoms with van der Waals surface area (Å²) >= 11 is 0. The van der Waals surface area contributed by atoms with Gasteiger partial charge in [-0.25, -0.2) is 19.6 Å². The van der Waals surface area contributed by atoms with Crippen LogP contribution in [0.15, 0.2) is 72.9 Å². The maximum atomic E-state index is 9.97. The summed E-state index contributed by atoms with van der Waals surface area (Å²) in [5, 5.41) is 14.8. The van der Waals surface area contributed by atoms with Gasteiger partial charge in [0.05, 0.1) is 23.9 Å². The molecule has 0 saturated heterocycles. The molecule has 2 N–H and O–H groups in total. The Labute approximate surface area is 183 Å². The van der Waals surface area contributed by atoms with Crippen LogP contribution in [0, 0.1) is 11.3 Å². The van der Waals surface area contributed by atoms with E-state index in [1.54, 1.807) is 31.0 Å². The van der Waals surface area contributed by atoms with Gasteiger partial charge in [0.25, 0.3) is 0 Å². The van der Waals surface area contributed by atoms with Gasteiger partial charge in [-0.15, -0.1) is 0 Å². The van der Waals surface area contributed by atoms with Crippen molar-refractivity contribution in [2.24, 2.45) is 5.73 Å². The standard InChI is InChI=1S/C23H18N8O/c24-12-17-18(14-2-4-15(5-3-14)30-11-10-26-13-30)19-20(22-27-8-1-9-28-22)29-31(16-6-7-16)23(19)32-21(17)25/h1-5,8-11,13,16,18H,6-7,25H2. The van der Waals surface area contributed by atoms with E-state index in [-0.39, 0.29) is 11.9 Å². The second-order valence-corrected chi connectivity index (χ2v) is 7.80. The summed E-state index contributed by atoms with van der Waals surface area (Å²) in [6, 6.07) is 12.2. The van der Waals surface area contributed by atoms with Crippen LogP contribution in [0.25, 0.3) is 17.2 Å². The Bertz CT molecular complexity index is 1360. The number of nitrogens with two attached hydrogens (primary N) is 1. The van der Waals surface area contributed by atoms with E-state index in [2.05, 4.69) is 21.0 Å². The molecule has 0 amide bonds. The van der Waals surface area contributed by atoms with E-state index in [9.17, 15) is 5.26 Å². The predicted octanol–water partition coefficient (Wildman–Crippen LogP) is 3.08. The Morgan fingerprint density at radius 1 is 1.09 bits per heavy atom. The molecule has 0 spiro atoms. The molecule has 4 aromatic rings. The molecule has 1 atom stereocenters. The monoisotopic (exact) mass is 422 g/mol. The zero-order valence-corrected chi connectivity index (χ0v) is 17.0. The molecule has 1 fully saturated rings.